The zero-order valence-corrected chi connectivity index (χ0v) is 11.5. The number of allylic oxidation sites excluding steroid dienone is 4. The second-order valence-corrected chi connectivity index (χ2v) is 4.33. The summed E-state index contributed by atoms with van der Waals surface area (Å²) < 4.78 is 0. The van der Waals surface area contributed by atoms with Gasteiger partial charge in [-0.25, -0.2) is 0 Å². The first-order valence-electron chi connectivity index (χ1n) is 6.57. The van der Waals surface area contributed by atoms with E-state index in [0.29, 0.717) is 0 Å². The fraction of sp³-hybridized carbons (Fsp3) is 0.429. The standard InChI is InChI=1S/C14H23N5/c1-3-5-9-12(4-2)17-13(15)18-14(16)19-10-7-6-8-11-19/h3-5,9H,1,6-8,10-11H2,2H3,(H4,15,16,17,18)/b9-5-,12-4+. The third-order valence-electron chi connectivity index (χ3n) is 2.88. The SMILES string of the molecule is C=C/C=C\C(=C/C)NC(N)=NC(=N)N1CCCCC1. The molecule has 0 spiro atoms. The van der Waals surface area contributed by atoms with Crippen molar-refractivity contribution in [1.82, 2.24) is 10.2 Å². The molecule has 0 aliphatic carbocycles. The van der Waals surface area contributed by atoms with Gasteiger partial charge in [-0.15, -0.1) is 0 Å². The van der Waals surface area contributed by atoms with Gasteiger partial charge in [-0.2, -0.15) is 4.99 Å². The highest BCUT2D eigenvalue weighted by Crippen LogP contribution is 2.08. The first kappa shape index (κ1) is 15.0. The van der Waals surface area contributed by atoms with E-state index in [-0.39, 0.29) is 11.9 Å². The molecule has 0 atom stereocenters. The average Bonchev–Trinajstić information content (AvgIpc) is 2.44. The van der Waals surface area contributed by atoms with Crippen LogP contribution in [0, 0.1) is 5.41 Å². The van der Waals surface area contributed by atoms with Crippen LogP contribution in [0.15, 0.2) is 41.6 Å². The van der Waals surface area contributed by atoms with E-state index in [4.69, 9.17) is 11.1 Å². The summed E-state index contributed by atoms with van der Waals surface area (Å²) >= 11 is 0. The van der Waals surface area contributed by atoms with E-state index < -0.39 is 0 Å². The number of hydrogen-bond acceptors (Lipinski definition) is 1. The maximum Gasteiger partial charge on any atom is 0.221 e. The molecule has 0 saturated carbocycles. The molecule has 5 heteroatoms. The Morgan fingerprint density at radius 1 is 1.37 bits per heavy atom. The van der Waals surface area contributed by atoms with E-state index in [0.717, 1.165) is 31.6 Å². The van der Waals surface area contributed by atoms with E-state index in [1.807, 2.05) is 30.1 Å². The van der Waals surface area contributed by atoms with Crippen molar-refractivity contribution in [3.8, 4) is 0 Å². The first-order chi connectivity index (χ1) is 9.17. The fourth-order valence-corrected chi connectivity index (χ4v) is 1.85. The summed E-state index contributed by atoms with van der Waals surface area (Å²) in [5, 5.41) is 10.9. The Hall–Kier alpha value is -2.04. The molecule has 1 aliphatic rings. The normalized spacial score (nSPS) is 17.6. The molecular formula is C14H23N5. The number of nitrogens with two attached hydrogens (primary N) is 1. The van der Waals surface area contributed by atoms with Crippen LogP contribution in [-0.2, 0) is 0 Å². The molecule has 5 nitrogen and oxygen atoms in total. The number of hydrogen-bond donors (Lipinski definition) is 3. The first-order valence-corrected chi connectivity index (χ1v) is 6.57. The van der Waals surface area contributed by atoms with Gasteiger partial charge in [-0.3, -0.25) is 5.41 Å². The lowest BCUT2D eigenvalue weighted by Gasteiger charge is -2.26. The third kappa shape index (κ3) is 5.42. The molecule has 19 heavy (non-hydrogen) atoms. The van der Waals surface area contributed by atoms with E-state index in [1.54, 1.807) is 6.08 Å². The molecule has 0 aromatic heterocycles. The minimum absolute atomic E-state index is 0.229. The van der Waals surface area contributed by atoms with Crippen LogP contribution < -0.4 is 11.1 Å². The third-order valence-corrected chi connectivity index (χ3v) is 2.88. The highest BCUT2D eigenvalue weighted by molar-refractivity contribution is 5.93. The molecule has 0 unspecified atom stereocenters. The topological polar surface area (TPSA) is 77.5 Å². The van der Waals surface area contributed by atoms with Gasteiger partial charge < -0.3 is 16.0 Å². The highest BCUT2D eigenvalue weighted by atomic mass is 15.3. The maximum absolute atomic E-state index is 7.92. The van der Waals surface area contributed by atoms with Gasteiger partial charge in [-0.1, -0.05) is 24.8 Å². The van der Waals surface area contributed by atoms with Crippen LogP contribution in [0.1, 0.15) is 26.2 Å². The number of likely N-dealkylation sites (tertiary alicyclic amines) is 1. The van der Waals surface area contributed by atoms with Crippen molar-refractivity contribution in [2.45, 2.75) is 26.2 Å². The lowest BCUT2D eigenvalue weighted by molar-refractivity contribution is 0.337. The predicted octanol–water partition coefficient (Wildman–Crippen LogP) is 1.96. The summed E-state index contributed by atoms with van der Waals surface area (Å²) in [6, 6.07) is 0. The largest absolute Gasteiger partial charge is 0.369 e. The van der Waals surface area contributed by atoms with Crippen molar-refractivity contribution in [1.29, 1.82) is 5.41 Å². The molecule has 1 aliphatic heterocycles. The summed E-state index contributed by atoms with van der Waals surface area (Å²) in [6.45, 7) is 7.30. The Kier molecular flexibility index (Phi) is 6.43. The molecular weight excluding hydrogens is 238 g/mol. The van der Waals surface area contributed by atoms with Crippen molar-refractivity contribution in [3.63, 3.8) is 0 Å². The van der Waals surface area contributed by atoms with Crippen LogP contribution in [0.4, 0.5) is 0 Å². The van der Waals surface area contributed by atoms with Crippen molar-refractivity contribution >= 4 is 11.9 Å². The number of aliphatic imine (C=N–C) groups is 1. The number of nitrogens with zero attached hydrogens (tertiary/aromatic N) is 2. The van der Waals surface area contributed by atoms with E-state index in [9.17, 15) is 0 Å². The number of nitrogens with one attached hydrogen (secondary N) is 2. The Morgan fingerprint density at radius 3 is 2.63 bits per heavy atom. The summed E-state index contributed by atoms with van der Waals surface area (Å²) in [5.74, 6) is 0.463. The van der Waals surface area contributed by atoms with Crippen molar-refractivity contribution in [3.05, 3.63) is 36.6 Å². The summed E-state index contributed by atoms with van der Waals surface area (Å²) in [5.41, 5.74) is 6.63. The molecule has 1 saturated heterocycles. The van der Waals surface area contributed by atoms with Gasteiger partial charge in [0, 0.05) is 18.8 Å². The molecule has 1 rings (SSSR count). The minimum atomic E-state index is 0.229. The van der Waals surface area contributed by atoms with E-state index in [2.05, 4.69) is 16.9 Å². The average molecular weight is 261 g/mol. The van der Waals surface area contributed by atoms with E-state index >= 15 is 0 Å². The molecule has 1 fully saturated rings. The molecule has 4 N–H and O–H groups in total. The second-order valence-electron chi connectivity index (χ2n) is 4.33. The van der Waals surface area contributed by atoms with Crippen molar-refractivity contribution < 1.29 is 0 Å². The van der Waals surface area contributed by atoms with Crippen molar-refractivity contribution in [2.75, 3.05) is 13.1 Å². The van der Waals surface area contributed by atoms with Gasteiger partial charge >= 0.3 is 0 Å². The van der Waals surface area contributed by atoms with Crippen LogP contribution in [0.2, 0.25) is 0 Å². The molecule has 0 bridgehead atoms. The van der Waals surface area contributed by atoms with Gasteiger partial charge in [0.15, 0.2) is 0 Å². The lowest BCUT2D eigenvalue weighted by Crippen LogP contribution is -2.38. The zero-order chi connectivity index (χ0) is 14.1. The quantitative estimate of drug-likeness (QED) is 0.413. The number of rotatable bonds is 3. The fourth-order valence-electron chi connectivity index (χ4n) is 1.85. The highest BCUT2D eigenvalue weighted by Gasteiger charge is 2.13. The Balaban J connectivity index is 2.57. The second kappa shape index (κ2) is 8.13. The van der Waals surface area contributed by atoms with Crippen molar-refractivity contribution in [2.24, 2.45) is 10.7 Å². The summed E-state index contributed by atoms with van der Waals surface area (Å²) in [4.78, 5) is 6.04. The van der Waals surface area contributed by atoms with Gasteiger partial charge in [0.25, 0.3) is 0 Å². The molecule has 0 amide bonds. The van der Waals surface area contributed by atoms with Gasteiger partial charge in [0.05, 0.1) is 0 Å². The summed E-state index contributed by atoms with van der Waals surface area (Å²) in [6.07, 6.45) is 10.7. The predicted molar refractivity (Wildman–Crippen MR) is 81.0 cm³/mol. The van der Waals surface area contributed by atoms with Gasteiger partial charge in [0.2, 0.25) is 11.9 Å². The molecule has 0 radical (unpaired) electrons. The Bertz CT molecular complexity index is 400. The Labute approximate surface area is 115 Å². The summed E-state index contributed by atoms with van der Waals surface area (Å²) in [7, 11) is 0. The Morgan fingerprint density at radius 2 is 2.05 bits per heavy atom. The van der Waals surface area contributed by atoms with Crippen LogP contribution in [0.3, 0.4) is 0 Å². The van der Waals surface area contributed by atoms with Crippen LogP contribution in [-0.4, -0.2) is 29.9 Å². The zero-order valence-electron chi connectivity index (χ0n) is 11.5. The maximum atomic E-state index is 7.92. The molecule has 0 aromatic rings. The number of piperidine rings is 1. The van der Waals surface area contributed by atoms with Crippen LogP contribution in [0.25, 0.3) is 0 Å². The number of guanidine groups is 2. The van der Waals surface area contributed by atoms with E-state index in [1.165, 1.54) is 6.42 Å². The lowest BCUT2D eigenvalue weighted by atomic mass is 10.1. The minimum Gasteiger partial charge on any atom is -0.369 e. The van der Waals surface area contributed by atoms with Gasteiger partial charge in [0.1, 0.15) is 0 Å². The smallest absolute Gasteiger partial charge is 0.221 e. The van der Waals surface area contributed by atoms with Crippen LogP contribution >= 0.6 is 0 Å². The van der Waals surface area contributed by atoms with Crippen LogP contribution in [0.5, 0.6) is 0 Å². The molecule has 104 valence electrons. The monoisotopic (exact) mass is 261 g/mol. The molecule has 0 aromatic carbocycles. The molecule has 1 heterocycles. The van der Waals surface area contributed by atoms with Gasteiger partial charge in [-0.05, 0) is 32.3 Å².